The van der Waals surface area contributed by atoms with Gasteiger partial charge in [-0.1, -0.05) is 43.5 Å². The number of nitrogens with one attached hydrogen (secondary N) is 1. The number of rotatable bonds is 2. The molecular weight excluding hydrogens is 417 g/mol. The van der Waals surface area contributed by atoms with Crippen molar-refractivity contribution in [3.8, 4) is 0 Å². The fraction of sp³-hybridized carbons (Fsp3) is 0.0667. The Kier molecular flexibility index (Phi) is 4.54. The number of anilines is 2. The van der Waals surface area contributed by atoms with E-state index in [-0.39, 0.29) is 0 Å². The van der Waals surface area contributed by atoms with Crippen LogP contribution in [0.1, 0.15) is 0 Å². The van der Waals surface area contributed by atoms with Crippen LogP contribution in [0.25, 0.3) is 0 Å². The Hall–Kier alpha value is -1.01. The van der Waals surface area contributed by atoms with Gasteiger partial charge in [0, 0.05) is 15.1 Å². The summed E-state index contributed by atoms with van der Waals surface area (Å²) in [6.45, 7) is 0.621. The van der Waals surface area contributed by atoms with Gasteiger partial charge in [0.25, 0.3) is 0 Å². The molecule has 0 radical (unpaired) electrons. The lowest BCUT2D eigenvalue weighted by Gasteiger charge is -2.36. The molecule has 0 saturated heterocycles. The molecule has 0 fully saturated rings. The molecule has 1 N–H and O–H groups in total. The highest BCUT2D eigenvalue weighted by Gasteiger charge is 2.18. The van der Waals surface area contributed by atoms with Gasteiger partial charge >= 0.3 is 0 Å². The lowest BCUT2D eigenvalue weighted by atomic mass is 10.3. The summed E-state index contributed by atoms with van der Waals surface area (Å²) in [7, 11) is 0. The summed E-state index contributed by atoms with van der Waals surface area (Å²) in [4.78, 5) is 0. The maximum atomic E-state index is 6.29. The van der Waals surface area contributed by atoms with Crippen LogP contribution < -0.4 is 15.6 Å². The normalized spacial score (nSPS) is 15.1. The van der Waals surface area contributed by atoms with E-state index >= 15 is 0 Å². The number of hydrazine groups is 2. The highest BCUT2D eigenvalue weighted by atomic mass is 79.9. The van der Waals surface area contributed by atoms with Crippen molar-refractivity contribution in [1.82, 2.24) is 5.53 Å². The Labute approximate surface area is 145 Å². The van der Waals surface area contributed by atoms with Gasteiger partial charge in [-0.05, 0) is 48.5 Å². The molecule has 1 aliphatic heterocycles. The van der Waals surface area contributed by atoms with E-state index in [2.05, 4.69) is 37.4 Å². The van der Waals surface area contributed by atoms with Crippen molar-refractivity contribution in [3.63, 3.8) is 0 Å². The number of hydrogen-bond donors (Lipinski definition) is 1. The Morgan fingerprint density at radius 3 is 1.95 bits per heavy atom. The van der Waals surface area contributed by atoms with Crippen LogP contribution in [0.2, 0.25) is 0 Å². The van der Waals surface area contributed by atoms with E-state index in [9.17, 15) is 0 Å². The van der Waals surface area contributed by atoms with Gasteiger partial charge in [-0.25, -0.2) is 0 Å². The second-order valence-corrected chi connectivity index (χ2v) is 6.90. The van der Waals surface area contributed by atoms with E-state index in [1.54, 1.807) is 0 Å². The van der Waals surface area contributed by atoms with Gasteiger partial charge in [0.15, 0.2) is 0 Å². The number of hydrogen-bond acceptors (Lipinski definition) is 3. The number of halogens is 3. The first-order valence-corrected chi connectivity index (χ1v) is 8.28. The molecule has 2 aromatic rings. The first kappa shape index (κ1) is 14.9. The molecule has 3 nitrogen and oxygen atoms in total. The zero-order chi connectivity index (χ0) is 14.8. The molecule has 6 heteroatoms. The highest BCUT2D eigenvalue weighted by Crippen LogP contribution is 2.25. The maximum absolute atomic E-state index is 6.29. The van der Waals surface area contributed by atoms with Crippen molar-refractivity contribution < 1.29 is 0 Å². The molecule has 3 rings (SSSR count). The molecule has 1 heterocycles. The summed E-state index contributed by atoms with van der Waals surface area (Å²) in [5.74, 6) is 0. The first-order valence-electron chi connectivity index (χ1n) is 6.32. The van der Waals surface area contributed by atoms with E-state index in [1.807, 2.05) is 64.7 Å². The van der Waals surface area contributed by atoms with Gasteiger partial charge in [-0.2, -0.15) is 0 Å². The smallest absolute Gasteiger partial charge is 0.0735 e. The molecule has 0 aliphatic carbocycles. The third-order valence-corrected chi connectivity index (χ3v) is 4.32. The molecule has 0 amide bonds. The average Bonchev–Trinajstić information content (AvgIpc) is 2.48. The third-order valence-electron chi connectivity index (χ3n) is 3.05. The number of nitrogens with zero attached hydrogens (tertiary/aromatic N) is 2. The lowest BCUT2D eigenvalue weighted by molar-refractivity contribution is 0.633. The second kappa shape index (κ2) is 6.40. The zero-order valence-corrected chi connectivity index (χ0v) is 14.9. The fourth-order valence-electron chi connectivity index (χ4n) is 2.03. The molecule has 0 aromatic heterocycles. The van der Waals surface area contributed by atoms with Crippen LogP contribution in [0.3, 0.4) is 0 Å². The van der Waals surface area contributed by atoms with Crippen molar-refractivity contribution in [2.24, 2.45) is 0 Å². The van der Waals surface area contributed by atoms with Crippen molar-refractivity contribution in [2.45, 2.75) is 0 Å². The lowest BCUT2D eigenvalue weighted by Crippen LogP contribution is -2.51. The zero-order valence-electron chi connectivity index (χ0n) is 10.9. The first-order chi connectivity index (χ1) is 10.1. The van der Waals surface area contributed by atoms with Crippen LogP contribution in [0.4, 0.5) is 11.4 Å². The van der Waals surface area contributed by atoms with E-state index in [0.29, 0.717) is 6.54 Å². The Balaban J connectivity index is 1.85. The molecule has 108 valence electrons. The van der Waals surface area contributed by atoms with Crippen LogP contribution in [-0.4, -0.2) is 6.54 Å². The third kappa shape index (κ3) is 3.61. The molecular formula is C15H12Br2ClN3. The minimum absolute atomic E-state index is 0.621. The Bertz CT molecular complexity index is 656. The summed E-state index contributed by atoms with van der Waals surface area (Å²) in [6.07, 6.45) is 1.89. The van der Waals surface area contributed by atoms with Crippen molar-refractivity contribution in [1.29, 1.82) is 0 Å². The minimum Gasteiger partial charge on any atom is -0.285 e. The predicted octanol–water partition coefficient (Wildman–Crippen LogP) is 5.04. The molecule has 0 bridgehead atoms. The summed E-state index contributed by atoms with van der Waals surface area (Å²) < 4.78 is 2.10. The van der Waals surface area contributed by atoms with Gasteiger partial charge in [-0.3, -0.25) is 10.0 Å². The topological polar surface area (TPSA) is 18.5 Å². The van der Waals surface area contributed by atoms with Crippen molar-refractivity contribution in [2.75, 3.05) is 16.6 Å². The fourth-order valence-corrected chi connectivity index (χ4v) is 2.78. The van der Waals surface area contributed by atoms with Crippen LogP contribution in [-0.2, 0) is 0 Å². The van der Waals surface area contributed by atoms with Crippen molar-refractivity contribution >= 4 is 54.8 Å². The Morgan fingerprint density at radius 2 is 1.38 bits per heavy atom. The summed E-state index contributed by atoms with van der Waals surface area (Å²) in [5.41, 5.74) is 5.39. The summed E-state index contributed by atoms with van der Waals surface area (Å²) in [6, 6.07) is 16.1. The number of benzene rings is 2. The van der Waals surface area contributed by atoms with Crippen LogP contribution in [0.15, 0.2) is 68.7 Å². The van der Waals surface area contributed by atoms with Crippen LogP contribution in [0, 0.1) is 0 Å². The van der Waals surface area contributed by atoms with Gasteiger partial charge < -0.3 is 0 Å². The van der Waals surface area contributed by atoms with Gasteiger partial charge in [-0.15, -0.1) is 5.53 Å². The molecule has 0 spiro atoms. The molecule has 2 aromatic carbocycles. The van der Waals surface area contributed by atoms with E-state index in [4.69, 9.17) is 11.6 Å². The quantitative estimate of drug-likeness (QED) is 0.722. The monoisotopic (exact) mass is 427 g/mol. The molecule has 0 atom stereocenters. The molecule has 0 saturated carbocycles. The minimum atomic E-state index is 0.621. The van der Waals surface area contributed by atoms with Crippen LogP contribution >= 0.6 is 43.5 Å². The van der Waals surface area contributed by atoms with Crippen molar-refractivity contribution in [3.05, 3.63) is 68.7 Å². The van der Waals surface area contributed by atoms with E-state index in [0.717, 1.165) is 25.4 Å². The van der Waals surface area contributed by atoms with Gasteiger partial charge in [0.1, 0.15) is 0 Å². The maximum Gasteiger partial charge on any atom is 0.0735 e. The molecule has 0 unspecified atom stereocenters. The standard InChI is InChI=1S/C15H12Br2ClN3/c16-11-1-5-14(6-2-11)20-9-13(18)10-21(19-20)15-7-3-12(17)4-8-15/h1-9,19H,10H2. The molecule has 1 aliphatic rings. The molecule has 21 heavy (non-hydrogen) atoms. The second-order valence-electron chi connectivity index (χ2n) is 4.58. The van der Waals surface area contributed by atoms with Crippen LogP contribution in [0.5, 0.6) is 0 Å². The highest BCUT2D eigenvalue weighted by molar-refractivity contribution is 9.10. The Morgan fingerprint density at radius 1 is 0.857 bits per heavy atom. The van der Waals surface area contributed by atoms with E-state index < -0.39 is 0 Å². The van der Waals surface area contributed by atoms with Gasteiger partial charge in [0.2, 0.25) is 0 Å². The van der Waals surface area contributed by atoms with E-state index in [1.165, 1.54) is 0 Å². The van der Waals surface area contributed by atoms with Gasteiger partial charge in [0.05, 0.1) is 23.0 Å². The average molecular weight is 430 g/mol. The largest absolute Gasteiger partial charge is 0.285 e. The summed E-state index contributed by atoms with van der Waals surface area (Å²) in [5, 5.41) is 4.66. The predicted molar refractivity (Wildman–Crippen MR) is 95.2 cm³/mol. The SMILES string of the molecule is ClC1=CN(c2ccc(Br)cc2)NN(c2ccc(Br)cc2)C1. The summed E-state index contributed by atoms with van der Waals surface area (Å²) >= 11 is 13.2.